The van der Waals surface area contributed by atoms with Crippen molar-refractivity contribution >= 4 is 31.9 Å². The van der Waals surface area contributed by atoms with Crippen molar-refractivity contribution in [1.29, 1.82) is 0 Å². The molecule has 2 aromatic rings. The van der Waals surface area contributed by atoms with E-state index in [1.165, 1.54) is 0 Å². The summed E-state index contributed by atoms with van der Waals surface area (Å²) in [5.41, 5.74) is 7.89. The highest BCUT2D eigenvalue weighted by molar-refractivity contribution is 9.11. The Balaban J connectivity index is 2.46. The van der Waals surface area contributed by atoms with E-state index >= 15 is 0 Å². The molecule has 4 nitrogen and oxygen atoms in total. The lowest BCUT2D eigenvalue weighted by molar-refractivity contribution is 0.385. The van der Waals surface area contributed by atoms with E-state index in [4.69, 9.17) is 15.2 Å². The maximum atomic E-state index is 6.28. The van der Waals surface area contributed by atoms with Crippen LogP contribution >= 0.6 is 31.9 Å². The summed E-state index contributed by atoms with van der Waals surface area (Å²) in [7, 11) is 3.21. The third kappa shape index (κ3) is 2.97. The Labute approximate surface area is 134 Å². The van der Waals surface area contributed by atoms with Gasteiger partial charge in [-0.05, 0) is 56.1 Å². The molecule has 1 heterocycles. The quantitative estimate of drug-likeness (QED) is 0.848. The number of methoxy groups -OCH3 is 2. The largest absolute Gasteiger partial charge is 0.495 e. The minimum absolute atomic E-state index is 0.375. The average Bonchev–Trinajstić information content (AvgIpc) is 2.47. The minimum Gasteiger partial charge on any atom is -0.495 e. The highest BCUT2D eigenvalue weighted by Crippen LogP contribution is 2.40. The van der Waals surface area contributed by atoms with E-state index in [1.807, 2.05) is 24.3 Å². The van der Waals surface area contributed by atoms with Crippen molar-refractivity contribution in [1.82, 2.24) is 4.98 Å². The van der Waals surface area contributed by atoms with Gasteiger partial charge in [0, 0.05) is 16.2 Å². The van der Waals surface area contributed by atoms with E-state index in [2.05, 4.69) is 36.8 Å². The van der Waals surface area contributed by atoms with Gasteiger partial charge in [0.2, 0.25) is 0 Å². The Kier molecular flexibility index (Phi) is 5.01. The second kappa shape index (κ2) is 6.56. The van der Waals surface area contributed by atoms with Gasteiger partial charge in [0.15, 0.2) is 0 Å². The molecule has 0 fully saturated rings. The maximum Gasteiger partial charge on any atom is 0.141 e. The smallest absolute Gasteiger partial charge is 0.141 e. The number of halogens is 2. The molecule has 0 radical (unpaired) electrons. The van der Waals surface area contributed by atoms with Gasteiger partial charge in [-0.1, -0.05) is 0 Å². The molecule has 1 unspecified atom stereocenters. The Hall–Kier alpha value is -1.11. The van der Waals surface area contributed by atoms with Crippen LogP contribution < -0.4 is 15.2 Å². The van der Waals surface area contributed by atoms with Crippen molar-refractivity contribution in [3.05, 3.63) is 50.7 Å². The van der Waals surface area contributed by atoms with E-state index in [0.29, 0.717) is 11.5 Å². The molecular formula is C14H14Br2N2O2. The van der Waals surface area contributed by atoms with Gasteiger partial charge in [-0.15, -0.1) is 0 Å². The van der Waals surface area contributed by atoms with E-state index in [-0.39, 0.29) is 6.04 Å². The third-order valence-electron chi connectivity index (χ3n) is 2.92. The zero-order valence-electron chi connectivity index (χ0n) is 11.1. The number of aromatic nitrogens is 1. The number of hydrogen-bond acceptors (Lipinski definition) is 4. The lowest BCUT2D eigenvalue weighted by atomic mass is 10.0. The molecule has 20 heavy (non-hydrogen) atoms. The van der Waals surface area contributed by atoms with Crippen LogP contribution in [0.15, 0.2) is 39.4 Å². The first-order valence-electron chi connectivity index (χ1n) is 5.86. The second-order valence-electron chi connectivity index (χ2n) is 4.08. The fraction of sp³-hybridized carbons (Fsp3) is 0.214. The van der Waals surface area contributed by atoms with Crippen LogP contribution in [-0.4, -0.2) is 19.2 Å². The van der Waals surface area contributed by atoms with E-state index in [9.17, 15) is 0 Å². The number of ether oxygens (including phenoxy) is 2. The SMILES string of the molecule is COc1ccc(C(N)c2ccc(Br)cn2)c(OC)c1Br. The van der Waals surface area contributed by atoms with Crippen LogP contribution in [0.25, 0.3) is 0 Å². The standard InChI is InChI=1S/C14H14Br2N2O2/c1-19-11-6-4-9(14(20-2)12(11)16)13(17)10-5-3-8(15)7-18-10/h3-7,13H,17H2,1-2H3. The fourth-order valence-corrected chi connectivity index (χ4v) is 2.81. The van der Waals surface area contributed by atoms with Crippen molar-refractivity contribution < 1.29 is 9.47 Å². The molecule has 0 saturated carbocycles. The van der Waals surface area contributed by atoms with Gasteiger partial charge >= 0.3 is 0 Å². The van der Waals surface area contributed by atoms with Crippen LogP contribution in [0, 0.1) is 0 Å². The topological polar surface area (TPSA) is 57.4 Å². The predicted octanol–water partition coefficient (Wildman–Crippen LogP) is 3.67. The van der Waals surface area contributed by atoms with Crippen molar-refractivity contribution in [2.45, 2.75) is 6.04 Å². The fourth-order valence-electron chi connectivity index (χ4n) is 1.89. The van der Waals surface area contributed by atoms with Crippen LogP contribution in [0.2, 0.25) is 0 Å². The molecule has 0 aliphatic carbocycles. The summed E-state index contributed by atoms with van der Waals surface area (Å²) < 4.78 is 12.4. The molecule has 1 aromatic heterocycles. The molecule has 2 N–H and O–H groups in total. The van der Waals surface area contributed by atoms with E-state index in [1.54, 1.807) is 20.4 Å². The Morgan fingerprint density at radius 3 is 2.40 bits per heavy atom. The number of hydrogen-bond donors (Lipinski definition) is 1. The summed E-state index contributed by atoms with van der Waals surface area (Å²) >= 11 is 6.83. The number of nitrogens with two attached hydrogens (primary N) is 1. The lowest BCUT2D eigenvalue weighted by Gasteiger charge is -2.18. The zero-order valence-corrected chi connectivity index (χ0v) is 14.2. The van der Waals surface area contributed by atoms with Gasteiger partial charge in [0.05, 0.1) is 26.0 Å². The monoisotopic (exact) mass is 400 g/mol. The van der Waals surface area contributed by atoms with Crippen LogP contribution in [0.1, 0.15) is 17.3 Å². The molecule has 1 aromatic carbocycles. The molecule has 0 saturated heterocycles. The third-order valence-corrected chi connectivity index (χ3v) is 4.14. The molecule has 0 aliphatic rings. The van der Waals surface area contributed by atoms with Crippen LogP contribution in [0.3, 0.4) is 0 Å². The highest BCUT2D eigenvalue weighted by Gasteiger charge is 2.19. The maximum absolute atomic E-state index is 6.28. The predicted molar refractivity (Wildman–Crippen MR) is 85.2 cm³/mol. The zero-order chi connectivity index (χ0) is 14.7. The second-order valence-corrected chi connectivity index (χ2v) is 5.79. The molecule has 6 heteroatoms. The van der Waals surface area contributed by atoms with Crippen LogP contribution in [0.5, 0.6) is 11.5 Å². The molecule has 0 spiro atoms. The Bertz CT molecular complexity index is 603. The van der Waals surface area contributed by atoms with Crippen molar-refractivity contribution in [3.8, 4) is 11.5 Å². The van der Waals surface area contributed by atoms with Crippen LogP contribution in [0.4, 0.5) is 0 Å². The molecule has 0 aliphatic heterocycles. The Morgan fingerprint density at radius 1 is 1.10 bits per heavy atom. The summed E-state index contributed by atoms with van der Waals surface area (Å²) in [6, 6.07) is 7.15. The number of pyridine rings is 1. The molecule has 106 valence electrons. The van der Waals surface area contributed by atoms with Crippen molar-refractivity contribution in [2.24, 2.45) is 5.73 Å². The van der Waals surface area contributed by atoms with E-state index in [0.717, 1.165) is 20.2 Å². The van der Waals surface area contributed by atoms with Crippen molar-refractivity contribution in [3.63, 3.8) is 0 Å². The van der Waals surface area contributed by atoms with Crippen LogP contribution in [-0.2, 0) is 0 Å². The van der Waals surface area contributed by atoms with Gasteiger partial charge in [0.1, 0.15) is 16.0 Å². The first kappa shape index (κ1) is 15.3. The van der Waals surface area contributed by atoms with E-state index < -0.39 is 0 Å². The molecule has 0 bridgehead atoms. The van der Waals surface area contributed by atoms with Gasteiger partial charge in [-0.3, -0.25) is 4.98 Å². The van der Waals surface area contributed by atoms with Gasteiger partial charge < -0.3 is 15.2 Å². The summed E-state index contributed by atoms with van der Waals surface area (Å²) in [5, 5.41) is 0. The molecule has 0 amide bonds. The number of benzene rings is 1. The highest BCUT2D eigenvalue weighted by atomic mass is 79.9. The molecular weight excluding hydrogens is 388 g/mol. The van der Waals surface area contributed by atoms with Gasteiger partial charge in [-0.2, -0.15) is 0 Å². The summed E-state index contributed by atoms with van der Waals surface area (Å²) in [4.78, 5) is 4.33. The normalized spacial score (nSPS) is 12.1. The first-order chi connectivity index (χ1) is 9.58. The number of nitrogens with zero attached hydrogens (tertiary/aromatic N) is 1. The van der Waals surface area contributed by atoms with Crippen molar-refractivity contribution in [2.75, 3.05) is 14.2 Å². The first-order valence-corrected chi connectivity index (χ1v) is 7.44. The summed E-state index contributed by atoms with van der Waals surface area (Å²) in [6.45, 7) is 0. The summed E-state index contributed by atoms with van der Waals surface area (Å²) in [6.07, 6.45) is 1.72. The van der Waals surface area contributed by atoms with Gasteiger partial charge in [-0.25, -0.2) is 0 Å². The van der Waals surface area contributed by atoms with Gasteiger partial charge in [0.25, 0.3) is 0 Å². The average molecular weight is 402 g/mol. The number of rotatable bonds is 4. The molecule has 2 rings (SSSR count). The minimum atomic E-state index is -0.375. The summed E-state index contributed by atoms with van der Waals surface area (Å²) in [5.74, 6) is 1.35. The Morgan fingerprint density at radius 2 is 1.85 bits per heavy atom. The lowest BCUT2D eigenvalue weighted by Crippen LogP contribution is -2.15. The molecule has 1 atom stereocenters.